The zero-order chi connectivity index (χ0) is 73.6. The second-order valence-corrected chi connectivity index (χ2v) is 30.4. The van der Waals surface area contributed by atoms with Crippen LogP contribution in [0.3, 0.4) is 0 Å². The van der Waals surface area contributed by atoms with Crippen LogP contribution in [0.5, 0.6) is 23.0 Å². The molecule has 0 N–H and O–H groups in total. The molecule has 8 heteroatoms. The third-order valence-corrected chi connectivity index (χ3v) is 24.5. The topological polar surface area (TPSA) is 24.9 Å². The highest BCUT2D eigenvalue weighted by molar-refractivity contribution is 7.26. The number of hydrogen-bond acceptors (Lipinski definition) is 6. The van der Waals surface area contributed by atoms with E-state index in [2.05, 4.69) is 266 Å². The number of fused-ring (bicyclic) bond motifs is 12. The van der Waals surface area contributed by atoms with Gasteiger partial charge in [0.1, 0.15) is 34.6 Å². The number of thiophene rings is 2. The molecule has 2 heterocycles. The minimum absolute atomic E-state index is 0.299. The fourth-order valence-corrected chi connectivity index (χ4v) is 19.4. The monoisotopic (exact) mass is 1450 g/mol. The van der Waals surface area contributed by atoms with Gasteiger partial charge in [0, 0.05) is 74.5 Å². The molecule has 2 atom stereocenters. The van der Waals surface area contributed by atoms with Gasteiger partial charge < -0.3 is 19.3 Å². The SMILES string of the molecule is C=Cc1ccc(Oc2ccc(C3(c4ccc(F)cc4)c4ccccc4-c4ccc(N(c5ccc(-c6ccc(N(c7ccc8c(c7)C(c7ccc(F)cc7)(c7ccc(Oc9ccc(C=C)cc9)cc7)c7ccccc7-8)c7ccc8c(c7)sc7ccccc78)cc6)cc5)c5ccc6c(c5)sc5ccccc56)cc43)cc2)cc1. The first-order valence-corrected chi connectivity index (χ1v) is 38.5. The van der Waals surface area contributed by atoms with E-state index in [0.717, 1.165) is 135 Å². The van der Waals surface area contributed by atoms with E-state index in [4.69, 9.17) is 9.47 Å². The molecule has 0 bridgehead atoms. The molecule has 20 rings (SSSR count). The Morgan fingerprint density at radius 2 is 0.564 bits per heavy atom. The third-order valence-electron chi connectivity index (χ3n) is 22.2. The van der Waals surface area contributed by atoms with Gasteiger partial charge in [-0.2, -0.15) is 0 Å². The summed E-state index contributed by atoms with van der Waals surface area (Å²) in [6.45, 7) is 7.85. The number of benzene rings is 16. The van der Waals surface area contributed by atoms with Gasteiger partial charge in [0.25, 0.3) is 0 Å². The van der Waals surface area contributed by atoms with Crippen LogP contribution in [0.1, 0.15) is 55.6 Å². The Kier molecular flexibility index (Phi) is 16.1. The van der Waals surface area contributed by atoms with Crippen molar-refractivity contribution in [3.8, 4) is 56.4 Å². The van der Waals surface area contributed by atoms with Gasteiger partial charge in [0.15, 0.2) is 0 Å². The van der Waals surface area contributed by atoms with E-state index in [-0.39, 0.29) is 11.6 Å². The van der Waals surface area contributed by atoms with Crippen molar-refractivity contribution in [2.24, 2.45) is 0 Å². The standard InChI is InChI=1S/C102H66F2N2O2S2/c1-3-65-21-49-81(50-22-65)107-83-53-33-71(34-54-83)101(69-29-37-73(103)38-30-69)93-17-9-5-13-85(93)87-57-45-77(61-95(87)101)105(79-47-59-91-89-15-7-11-19-97(89)109-99(91)63-79)75-41-25-67(26-42-75)68-27-43-76(44-28-68)106(80-48-60-92-90-16-8-12-20-98(90)110-100(92)64-80)78-46-58-88-86-14-6-10-18-94(86)102(96(88)62-78,70-31-39-74(104)40-32-70)72-35-55-84(56-36-72)108-82-51-23-66(4-2)24-52-82/h3-64H,1-2H2. The van der Waals surface area contributed by atoms with Crippen LogP contribution in [0, 0.1) is 11.6 Å². The summed E-state index contributed by atoms with van der Waals surface area (Å²) in [7, 11) is 0. The first-order chi connectivity index (χ1) is 54.2. The molecule has 2 aromatic heterocycles. The largest absolute Gasteiger partial charge is 0.457 e. The van der Waals surface area contributed by atoms with Gasteiger partial charge in [0.05, 0.1) is 10.8 Å². The molecule has 0 saturated heterocycles. The summed E-state index contributed by atoms with van der Waals surface area (Å²) in [5, 5.41) is 4.91. The summed E-state index contributed by atoms with van der Waals surface area (Å²) in [4.78, 5) is 4.76. The first-order valence-electron chi connectivity index (χ1n) is 36.8. The van der Waals surface area contributed by atoms with Gasteiger partial charge in [0.2, 0.25) is 0 Å². The van der Waals surface area contributed by atoms with E-state index in [1.807, 2.05) is 109 Å². The average Bonchev–Trinajstić information content (AvgIpc) is 1.51. The highest BCUT2D eigenvalue weighted by Gasteiger charge is 2.48. The maximum absolute atomic E-state index is 15.3. The Morgan fingerprint density at radius 1 is 0.264 bits per heavy atom. The first kappa shape index (κ1) is 66.0. The van der Waals surface area contributed by atoms with E-state index in [0.29, 0.717) is 11.5 Å². The van der Waals surface area contributed by atoms with Gasteiger partial charge in [-0.3, -0.25) is 0 Å². The normalized spacial score (nSPS) is 14.6. The fraction of sp³-hybridized carbons (Fsp3) is 0.0196. The Hall–Kier alpha value is -13.5. The quantitative estimate of drug-likeness (QED) is 0.0907. The Balaban J connectivity index is 0.702. The van der Waals surface area contributed by atoms with Crippen molar-refractivity contribution in [3.05, 3.63) is 444 Å². The van der Waals surface area contributed by atoms with Gasteiger partial charge in [-0.1, -0.05) is 232 Å². The number of ether oxygens (including phenoxy) is 2. The summed E-state index contributed by atoms with van der Waals surface area (Å²) in [5.41, 5.74) is 21.1. The molecule has 4 nitrogen and oxygen atoms in total. The molecule has 0 radical (unpaired) electrons. The molecule has 0 fully saturated rings. The van der Waals surface area contributed by atoms with Crippen LogP contribution in [0.2, 0.25) is 0 Å². The molecule has 16 aromatic carbocycles. The molecule has 2 aliphatic rings. The molecule has 18 aromatic rings. The van der Waals surface area contributed by atoms with Crippen LogP contribution in [-0.4, -0.2) is 0 Å². The van der Waals surface area contributed by atoms with E-state index in [9.17, 15) is 0 Å². The highest BCUT2D eigenvalue weighted by atomic mass is 32.1. The van der Waals surface area contributed by atoms with Crippen LogP contribution < -0.4 is 19.3 Å². The van der Waals surface area contributed by atoms with Crippen molar-refractivity contribution in [2.75, 3.05) is 9.80 Å². The maximum Gasteiger partial charge on any atom is 0.127 e. The van der Waals surface area contributed by atoms with Crippen LogP contribution in [0.4, 0.5) is 42.9 Å². The highest BCUT2D eigenvalue weighted by Crippen LogP contribution is 2.60. The van der Waals surface area contributed by atoms with E-state index >= 15 is 8.78 Å². The molecule has 0 saturated carbocycles. The smallest absolute Gasteiger partial charge is 0.127 e. The van der Waals surface area contributed by atoms with Gasteiger partial charge in [-0.05, 0) is 247 Å². The van der Waals surface area contributed by atoms with Gasteiger partial charge in [-0.15, -0.1) is 22.7 Å². The summed E-state index contributed by atoms with van der Waals surface area (Å²) in [5.74, 6) is 2.25. The number of halogens is 2. The Bertz CT molecular complexity index is 6230. The van der Waals surface area contributed by atoms with Crippen LogP contribution in [0.15, 0.2) is 377 Å². The maximum atomic E-state index is 15.3. The molecule has 110 heavy (non-hydrogen) atoms. The Morgan fingerprint density at radius 3 is 0.945 bits per heavy atom. The molecular weight excluding hydrogens is 1390 g/mol. The Labute approximate surface area is 644 Å². The lowest BCUT2D eigenvalue weighted by atomic mass is 9.67. The lowest BCUT2D eigenvalue weighted by Gasteiger charge is -2.35. The zero-order valence-electron chi connectivity index (χ0n) is 59.5. The predicted molar refractivity (Wildman–Crippen MR) is 455 cm³/mol. The van der Waals surface area contributed by atoms with Gasteiger partial charge >= 0.3 is 0 Å². The van der Waals surface area contributed by atoms with Crippen LogP contribution >= 0.6 is 22.7 Å². The minimum Gasteiger partial charge on any atom is -0.457 e. The second-order valence-electron chi connectivity index (χ2n) is 28.2. The molecule has 2 unspecified atom stereocenters. The number of anilines is 6. The summed E-state index contributed by atoms with van der Waals surface area (Å²) in [6, 6.07) is 127. The molecule has 2 aliphatic carbocycles. The third kappa shape index (κ3) is 11.0. The van der Waals surface area contributed by atoms with Crippen molar-refractivity contribution >= 4 is 109 Å². The average molecular weight is 1450 g/mol. The lowest BCUT2D eigenvalue weighted by Crippen LogP contribution is -2.28. The van der Waals surface area contributed by atoms with Crippen molar-refractivity contribution < 1.29 is 18.3 Å². The summed E-state index contributed by atoms with van der Waals surface area (Å²) >= 11 is 3.61. The molecule has 0 spiro atoms. The van der Waals surface area contributed by atoms with Crippen LogP contribution in [0.25, 0.3) is 85.9 Å². The van der Waals surface area contributed by atoms with Crippen molar-refractivity contribution in [1.82, 2.24) is 0 Å². The second kappa shape index (κ2) is 26.8. The predicted octanol–water partition coefficient (Wildman–Crippen LogP) is 28.9. The summed E-state index contributed by atoms with van der Waals surface area (Å²) < 4.78 is 48.4. The number of rotatable bonds is 17. The zero-order valence-corrected chi connectivity index (χ0v) is 61.1. The van der Waals surface area contributed by atoms with E-state index in [1.165, 1.54) is 40.3 Å². The fourth-order valence-electron chi connectivity index (χ4n) is 17.2. The van der Waals surface area contributed by atoms with Crippen molar-refractivity contribution in [2.45, 2.75) is 10.8 Å². The lowest BCUT2D eigenvalue weighted by molar-refractivity contribution is 0.482. The molecule has 0 aliphatic heterocycles. The van der Waals surface area contributed by atoms with Crippen LogP contribution in [-0.2, 0) is 10.8 Å². The van der Waals surface area contributed by atoms with Gasteiger partial charge in [-0.25, -0.2) is 8.78 Å². The van der Waals surface area contributed by atoms with E-state index in [1.54, 1.807) is 46.9 Å². The van der Waals surface area contributed by atoms with Crippen molar-refractivity contribution in [3.63, 3.8) is 0 Å². The molecule has 0 amide bonds. The molecular formula is C102H66F2N2O2S2. The minimum atomic E-state index is -0.859. The van der Waals surface area contributed by atoms with Crippen molar-refractivity contribution in [1.29, 1.82) is 0 Å². The van der Waals surface area contributed by atoms with E-state index < -0.39 is 10.8 Å². The number of hydrogen-bond donors (Lipinski definition) is 0. The summed E-state index contributed by atoms with van der Waals surface area (Å²) in [6.07, 6.45) is 3.64. The number of nitrogens with zero attached hydrogens (tertiary/aromatic N) is 2. The molecule has 522 valence electrons.